The number of ether oxygens (including phenoxy) is 1. The number of carbonyl (C=O) groups excluding carboxylic acids is 2. The van der Waals surface area contributed by atoms with Crippen LogP contribution in [-0.4, -0.2) is 23.0 Å². The quantitative estimate of drug-likeness (QED) is 0.653. The van der Waals surface area contributed by atoms with Gasteiger partial charge >= 0.3 is 5.97 Å². The Morgan fingerprint density at radius 3 is 2.70 bits per heavy atom. The molecule has 0 radical (unpaired) electrons. The van der Waals surface area contributed by atoms with Crippen molar-refractivity contribution in [2.75, 3.05) is 5.32 Å². The summed E-state index contributed by atoms with van der Waals surface area (Å²) >= 11 is 11.7. The molecule has 1 unspecified atom stereocenters. The lowest BCUT2D eigenvalue weighted by Crippen LogP contribution is -2.32. The Morgan fingerprint density at radius 1 is 1.26 bits per heavy atom. The van der Waals surface area contributed by atoms with Gasteiger partial charge in [0, 0.05) is 16.9 Å². The van der Waals surface area contributed by atoms with E-state index in [1.807, 2.05) is 0 Å². The smallest absolute Gasteiger partial charge is 0.342 e. The highest BCUT2D eigenvalue weighted by Gasteiger charge is 2.23. The molecule has 2 rings (SSSR count). The Kier molecular flexibility index (Phi) is 5.96. The maximum absolute atomic E-state index is 12.2. The first-order valence-electron chi connectivity index (χ1n) is 6.89. The van der Waals surface area contributed by atoms with Crippen molar-refractivity contribution in [3.05, 3.63) is 58.3 Å². The molecule has 0 aliphatic carbocycles. The molecule has 0 saturated heterocycles. The van der Waals surface area contributed by atoms with E-state index in [1.54, 1.807) is 37.3 Å². The average molecular weight is 353 g/mol. The van der Waals surface area contributed by atoms with E-state index in [0.717, 1.165) is 0 Å². The number of pyridine rings is 1. The van der Waals surface area contributed by atoms with Crippen molar-refractivity contribution in [3.8, 4) is 0 Å². The Bertz CT molecular complexity index is 722. The summed E-state index contributed by atoms with van der Waals surface area (Å²) < 4.78 is 5.22. The van der Waals surface area contributed by atoms with E-state index in [-0.39, 0.29) is 10.7 Å². The predicted octanol–water partition coefficient (Wildman–Crippen LogP) is 3.96. The zero-order valence-corrected chi connectivity index (χ0v) is 13.8. The number of esters is 1. The van der Waals surface area contributed by atoms with Crippen LogP contribution >= 0.6 is 23.2 Å². The van der Waals surface area contributed by atoms with Crippen LogP contribution in [0, 0.1) is 0 Å². The monoisotopic (exact) mass is 352 g/mol. The van der Waals surface area contributed by atoms with Crippen LogP contribution < -0.4 is 5.32 Å². The van der Waals surface area contributed by atoms with Crippen LogP contribution in [-0.2, 0) is 9.53 Å². The van der Waals surface area contributed by atoms with Gasteiger partial charge in [-0.2, -0.15) is 0 Å². The zero-order chi connectivity index (χ0) is 16.8. The molecule has 1 N–H and O–H groups in total. The molecule has 0 aliphatic rings. The van der Waals surface area contributed by atoms with Gasteiger partial charge in [0.15, 0.2) is 6.10 Å². The third-order valence-corrected chi connectivity index (χ3v) is 3.52. The molecule has 2 aromatic rings. The number of halogens is 2. The Labute approximate surface area is 143 Å². The number of benzene rings is 1. The summed E-state index contributed by atoms with van der Waals surface area (Å²) in [6, 6.07) is 9.75. The van der Waals surface area contributed by atoms with E-state index >= 15 is 0 Å². The minimum absolute atomic E-state index is 0.0302. The minimum Gasteiger partial charge on any atom is -0.449 e. The molecular weight excluding hydrogens is 339 g/mol. The predicted molar refractivity (Wildman–Crippen MR) is 88.8 cm³/mol. The number of anilines is 1. The van der Waals surface area contributed by atoms with Gasteiger partial charge in [0.25, 0.3) is 5.91 Å². The van der Waals surface area contributed by atoms with Crippen molar-refractivity contribution in [3.63, 3.8) is 0 Å². The number of rotatable bonds is 5. The highest BCUT2D eigenvalue weighted by Crippen LogP contribution is 2.17. The van der Waals surface area contributed by atoms with Gasteiger partial charge in [0.05, 0.1) is 5.56 Å². The molecule has 1 aromatic carbocycles. The summed E-state index contributed by atoms with van der Waals surface area (Å²) in [7, 11) is 0. The van der Waals surface area contributed by atoms with Crippen molar-refractivity contribution in [2.24, 2.45) is 0 Å². The third-order valence-electron chi connectivity index (χ3n) is 2.98. The molecule has 23 heavy (non-hydrogen) atoms. The summed E-state index contributed by atoms with van der Waals surface area (Å²) in [5, 5.41) is 3.18. The first-order valence-corrected chi connectivity index (χ1v) is 7.64. The number of amides is 1. The van der Waals surface area contributed by atoms with Gasteiger partial charge in [-0.1, -0.05) is 36.2 Å². The normalized spacial score (nSPS) is 11.6. The lowest BCUT2D eigenvalue weighted by atomic mass is 10.2. The fourth-order valence-corrected chi connectivity index (χ4v) is 2.23. The maximum atomic E-state index is 12.2. The second kappa shape index (κ2) is 7.94. The van der Waals surface area contributed by atoms with Crippen molar-refractivity contribution in [2.45, 2.75) is 19.4 Å². The fraction of sp³-hybridized carbons (Fsp3) is 0.188. The lowest BCUT2D eigenvalue weighted by molar-refractivity contribution is -0.124. The molecule has 0 fully saturated rings. The van der Waals surface area contributed by atoms with Crippen LogP contribution in [0.3, 0.4) is 0 Å². The number of aromatic nitrogens is 1. The van der Waals surface area contributed by atoms with E-state index in [2.05, 4.69) is 10.3 Å². The Morgan fingerprint density at radius 2 is 2.04 bits per heavy atom. The van der Waals surface area contributed by atoms with Gasteiger partial charge in [0.2, 0.25) is 0 Å². The van der Waals surface area contributed by atoms with Gasteiger partial charge in [-0.3, -0.25) is 4.79 Å². The summed E-state index contributed by atoms with van der Waals surface area (Å²) in [5.74, 6) is -1.14. The number of nitrogens with one attached hydrogen (secondary N) is 1. The van der Waals surface area contributed by atoms with Gasteiger partial charge in [-0.25, -0.2) is 9.78 Å². The molecular formula is C16H14Cl2N2O3. The van der Waals surface area contributed by atoms with Crippen molar-refractivity contribution >= 4 is 40.8 Å². The van der Waals surface area contributed by atoms with Crippen LogP contribution in [0.1, 0.15) is 23.7 Å². The SMILES string of the molecule is CCC(OC(=O)c1cccnc1Cl)C(=O)Nc1cccc(Cl)c1. The lowest BCUT2D eigenvalue weighted by Gasteiger charge is -2.16. The van der Waals surface area contributed by atoms with E-state index in [4.69, 9.17) is 27.9 Å². The molecule has 1 heterocycles. The number of hydrogen-bond donors (Lipinski definition) is 1. The fourth-order valence-electron chi connectivity index (χ4n) is 1.84. The Balaban J connectivity index is 2.06. The second-order valence-corrected chi connectivity index (χ2v) is 5.44. The zero-order valence-electron chi connectivity index (χ0n) is 12.3. The topological polar surface area (TPSA) is 68.3 Å². The number of hydrogen-bond acceptors (Lipinski definition) is 4. The van der Waals surface area contributed by atoms with Gasteiger partial charge in [0.1, 0.15) is 5.15 Å². The Hall–Kier alpha value is -2.11. The van der Waals surface area contributed by atoms with Crippen molar-refractivity contribution < 1.29 is 14.3 Å². The average Bonchev–Trinajstić information content (AvgIpc) is 2.52. The molecule has 0 spiro atoms. The first-order chi connectivity index (χ1) is 11.0. The van der Waals surface area contributed by atoms with E-state index in [0.29, 0.717) is 17.1 Å². The summed E-state index contributed by atoms with van der Waals surface area (Å²) in [6.45, 7) is 1.74. The van der Waals surface area contributed by atoms with Crippen LogP contribution in [0.15, 0.2) is 42.6 Å². The molecule has 1 atom stereocenters. The van der Waals surface area contributed by atoms with E-state index in [1.165, 1.54) is 12.3 Å². The third kappa shape index (κ3) is 4.68. The highest BCUT2D eigenvalue weighted by molar-refractivity contribution is 6.32. The molecule has 1 amide bonds. The van der Waals surface area contributed by atoms with Gasteiger partial charge < -0.3 is 10.1 Å². The standard InChI is InChI=1S/C16H14Cl2N2O3/c1-2-13(15(21)20-11-6-3-5-10(17)9-11)23-16(22)12-7-4-8-19-14(12)18/h3-9,13H,2H2,1H3,(H,20,21). The van der Waals surface area contributed by atoms with Gasteiger partial charge in [-0.15, -0.1) is 0 Å². The minimum atomic E-state index is -0.947. The van der Waals surface area contributed by atoms with Crippen molar-refractivity contribution in [1.82, 2.24) is 4.98 Å². The molecule has 5 nitrogen and oxygen atoms in total. The van der Waals surface area contributed by atoms with E-state index in [9.17, 15) is 9.59 Å². The summed E-state index contributed by atoms with van der Waals surface area (Å²) in [4.78, 5) is 28.1. The number of carbonyl (C=O) groups is 2. The first kappa shape index (κ1) is 17.2. The molecule has 120 valence electrons. The summed E-state index contributed by atoms with van der Waals surface area (Å²) in [6.07, 6.45) is 0.830. The highest BCUT2D eigenvalue weighted by atomic mass is 35.5. The maximum Gasteiger partial charge on any atom is 0.342 e. The second-order valence-electron chi connectivity index (χ2n) is 4.64. The molecule has 7 heteroatoms. The largest absolute Gasteiger partial charge is 0.449 e. The van der Waals surface area contributed by atoms with Crippen LogP contribution in [0.4, 0.5) is 5.69 Å². The molecule has 0 aliphatic heterocycles. The molecule has 0 bridgehead atoms. The molecule has 1 aromatic heterocycles. The van der Waals surface area contributed by atoms with Crippen LogP contribution in [0.5, 0.6) is 0 Å². The molecule has 0 saturated carbocycles. The summed E-state index contributed by atoms with van der Waals surface area (Å²) in [5.41, 5.74) is 0.639. The van der Waals surface area contributed by atoms with Crippen molar-refractivity contribution in [1.29, 1.82) is 0 Å². The van der Waals surface area contributed by atoms with Crippen LogP contribution in [0.25, 0.3) is 0 Å². The van der Waals surface area contributed by atoms with Crippen LogP contribution in [0.2, 0.25) is 10.2 Å². The number of nitrogens with zero attached hydrogens (tertiary/aromatic N) is 1. The van der Waals surface area contributed by atoms with E-state index < -0.39 is 18.0 Å². The van der Waals surface area contributed by atoms with Gasteiger partial charge in [-0.05, 0) is 36.8 Å².